The number of piperidine rings is 1. The third kappa shape index (κ3) is 5.49. The van der Waals surface area contributed by atoms with Gasteiger partial charge in [-0.05, 0) is 55.7 Å². The highest BCUT2D eigenvalue weighted by atomic mass is 16.2. The lowest BCUT2D eigenvalue weighted by Crippen LogP contribution is -2.39. The molecule has 0 aromatic heterocycles. The number of nitrogens with one attached hydrogen (secondary N) is 2. The predicted octanol–water partition coefficient (Wildman–Crippen LogP) is 3.85. The highest BCUT2D eigenvalue weighted by Crippen LogP contribution is 2.23. The SMILES string of the molecule is CC(=O)N(CCNC(=O)Nc1ccccc1)c1ccc(N2CCCCC2)cc1. The summed E-state index contributed by atoms with van der Waals surface area (Å²) in [6, 6.07) is 17.1. The minimum absolute atomic E-state index is 0.0454. The van der Waals surface area contributed by atoms with E-state index in [1.54, 1.807) is 11.8 Å². The van der Waals surface area contributed by atoms with Crippen molar-refractivity contribution in [2.45, 2.75) is 26.2 Å². The molecule has 0 unspecified atom stereocenters. The minimum Gasteiger partial charge on any atom is -0.372 e. The molecule has 1 aliphatic rings. The van der Waals surface area contributed by atoms with Crippen LogP contribution in [0.15, 0.2) is 54.6 Å². The summed E-state index contributed by atoms with van der Waals surface area (Å²) in [7, 11) is 0. The quantitative estimate of drug-likeness (QED) is 0.800. The van der Waals surface area contributed by atoms with Crippen LogP contribution in [0.25, 0.3) is 0 Å². The van der Waals surface area contributed by atoms with Crippen molar-refractivity contribution in [1.82, 2.24) is 5.32 Å². The van der Waals surface area contributed by atoms with E-state index in [0.717, 1.165) is 24.5 Å². The van der Waals surface area contributed by atoms with Gasteiger partial charge in [0.05, 0.1) is 0 Å². The van der Waals surface area contributed by atoms with E-state index in [9.17, 15) is 9.59 Å². The Hall–Kier alpha value is -3.02. The first-order chi connectivity index (χ1) is 13.6. The van der Waals surface area contributed by atoms with Crippen molar-refractivity contribution < 1.29 is 9.59 Å². The van der Waals surface area contributed by atoms with E-state index >= 15 is 0 Å². The summed E-state index contributed by atoms with van der Waals surface area (Å²) in [5, 5.41) is 5.57. The first-order valence-electron chi connectivity index (χ1n) is 9.86. The molecule has 1 heterocycles. The van der Waals surface area contributed by atoms with E-state index in [-0.39, 0.29) is 11.9 Å². The second-order valence-corrected chi connectivity index (χ2v) is 6.98. The lowest BCUT2D eigenvalue weighted by atomic mass is 10.1. The fourth-order valence-corrected chi connectivity index (χ4v) is 3.44. The van der Waals surface area contributed by atoms with Crippen molar-refractivity contribution in [1.29, 1.82) is 0 Å². The van der Waals surface area contributed by atoms with Crippen LogP contribution in [0.1, 0.15) is 26.2 Å². The molecule has 148 valence electrons. The molecule has 2 aromatic carbocycles. The number of urea groups is 1. The van der Waals surface area contributed by atoms with Gasteiger partial charge in [-0.3, -0.25) is 4.79 Å². The van der Waals surface area contributed by atoms with E-state index in [1.165, 1.54) is 24.9 Å². The second kappa shape index (κ2) is 9.78. The maximum absolute atomic E-state index is 12.1. The van der Waals surface area contributed by atoms with Crippen LogP contribution in [0.2, 0.25) is 0 Å². The van der Waals surface area contributed by atoms with Gasteiger partial charge in [0.15, 0.2) is 0 Å². The molecule has 0 atom stereocenters. The summed E-state index contributed by atoms with van der Waals surface area (Å²) in [4.78, 5) is 28.1. The molecule has 0 aliphatic carbocycles. The van der Waals surface area contributed by atoms with E-state index in [1.807, 2.05) is 42.5 Å². The molecule has 6 heteroatoms. The highest BCUT2D eigenvalue weighted by Gasteiger charge is 2.14. The van der Waals surface area contributed by atoms with Gasteiger partial charge in [-0.25, -0.2) is 4.79 Å². The largest absolute Gasteiger partial charge is 0.372 e. The molecule has 2 aromatic rings. The molecule has 2 N–H and O–H groups in total. The summed E-state index contributed by atoms with van der Waals surface area (Å²) >= 11 is 0. The summed E-state index contributed by atoms with van der Waals surface area (Å²) in [6.07, 6.45) is 3.77. The minimum atomic E-state index is -0.282. The first-order valence-corrected chi connectivity index (χ1v) is 9.86. The van der Waals surface area contributed by atoms with Gasteiger partial charge in [-0.1, -0.05) is 18.2 Å². The van der Waals surface area contributed by atoms with Crippen molar-refractivity contribution in [3.05, 3.63) is 54.6 Å². The number of carbonyl (C=O) groups is 2. The monoisotopic (exact) mass is 380 g/mol. The topological polar surface area (TPSA) is 64.7 Å². The molecule has 0 saturated carbocycles. The smallest absolute Gasteiger partial charge is 0.319 e. The Kier molecular flexibility index (Phi) is 6.89. The Morgan fingerprint density at radius 1 is 0.964 bits per heavy atom. The van der Waals surface area contributed by atoms with Gasteiger partial charge in [0, 0.05) is 50.2 Å². The van der Waals surface area contributed by atoms with Crippen LogP contribution in [0.3, 0.4) is 0 Å². The molecular formula is C22H28N4O2. The Bertz CT molecular complexity index is 771. The zero-order valence-corrected chi connectivity index (χ0v) is 16.4. The van der Waals surface area contributed by atoms with Crippen molar-refractivity contribution >= 4 is 29.0 Å². The van der Waals surface area contributed by atoms with Crippen molar-refractivity contribution in [3.63, 3.8) is 0 Å². The molecule has 3 amide bonds. The lowest BCUT2D eigenvalue weighted by molar-refractivity contribution is -0.116. The normalized spacial score (nSPS) is 13.7. The molecule has 28 heavy (non-hydrogen) atoms. The fourth-order valence-electron chi connectivity index (χ4n) is 3.44. The predicted molar refractivity (Wildman–Crippen MR) is 114 cm³/mol. The Balaban J connectivity index is 1.53. The maximum atomic E-state index is 12.1. The van der Waals surface area contributed by atoms with Crippen LogP contribution in [0.4, 0.5) is 21.9 Å². The standard InChI is InChI=1S/C22H28N4O2/c1-18(27)26(17-14-23-22(28)24-19-8-4-2-5-9-19)21-12-10-20(11-13-21)25-15-6-3-7-16-25/h2,4-5,8-13H,3,6-7,14-17H2,1H3,(H2,23,24,28). The third-order valence-corrected chi connectivity index (χ3v) is 4.92. The lowest BCUT2D eigenvalue weighted by Gasteiger charge is -2.29. The molecule has 6 nitrogen and oxygen atoms in total. The zero-order chi connectivity index (χ0) is 19.8. The van der Waals surface area contributed by atoms with Gasteiger partial charge in [0.1, 0.15) is 0 Å². The molecule has 1 aliphatic heterocycles. The molecule has 1 saturated heterocycles. The number of carbonyl (C=O) groups excluding carboxylic acids is 2. The van der Waals surface area contributed by atoms with Gasteiger partial charge >= 0.3 is 6.03 Å². The van der Waals surface area contributed by atoms with Crippen LogP contribution in [0, 0.1) is 0 Å². The van der Waals surface area contributed by atoms with Gasteiger partial charge in [0.2, 0.25) is 5.91 Å². The first kappa shape index (κ1) is 19.7. The number of hydrogen-bond acceptors (Lipinski definition) is 3. The number of hydrogen-bond donors (Lipinski definition) is 2. The zero-order valence-electron chi connectivity index (χ0n) is 16.4. The van der Waals surface area contributed by atoms with Gasteiger partial charge in [-0.2, -0.15) is 0 Å². The maximum Gasteiger partial charge on any atom is 0.319 e. The number of para-hydroxylation sites is 1. The summed E-state index contributed by atoms with van der Waals surface area (Å²) in [5.74, 6) is -0.0454. The van der Waals surface area contributed by atoms with E-state index in [2.05, 4.69) is 27.7 Å². The average Bonchev–Trinajstić information content (AvgIpc) is 2.72. The highest BCUT2D eigenvalue weighted by molar-refractivity contribution is 5.92. The van der Waals surface area contributed by atoms with E-state index < -0.39 is 0 Å². The summed E-state index contributed by atoms with van der Waals surface area (Å²) < 4.78 is 0. The van der Waals surface area contributed by atoms with Crippen molar-refractivity contribution in [3.8, 4) is 0 Å². The summed E-state index contributed by atoms with van der Waals surface area (Å²) in [6.45, 7) is 4.52. The third-order valence-electron chi connectivity index (χ3n) is 4.92. The number of benzene rings is 2. The van der Waals surface area contributed by atoms with Crippen molar-refractivity contribution in [2.24, 2.45) is 0 Å². The molecule has 3 rings (SSSR count). The van der Waals surface area contributed by atoms with Crippen LogP contribution < -0.4 is 20.4 Å². The van der Waals surface area contributed by atoms with Crippen LogP contribution >= 0.6 is 0 Å². The van der Waals surface area contributed by atoms with Gasteiger partial charge in [0.25, 0.3) is 0 Å². The second-order valence-electron chi connectivity index (χ2n) is 6.98. The van der Waals surface area contributed by atoms with Crippen molar-refractivity contribution in [2.75, 3.05) is 41.3 Å². The number of nitrogens with zero attached hydrogens (tertiary/aromatic N) is 2. The number of anilines is 3. The average molecular weight is 380 g/mol. The molecular weight excluding hydrogens is 352 g/mol. The Morgan fingerprint density at radius 3 is 2.29 bits per heavy atom. The van der Waals surface area contributed by atoms with Crippen LogP contribution in [-0.2, 0) is 4.79 Å². The number of rotatable bonds is 6. The van der Waals surface area contributed by atoms with Crippen LogP contribution in [-0.4, -0.2) is 38.1 Å². The van der Waals surface area contributed by atoms with E-state index in [4.69, 9.17) is 0 Å². The van der Waals surface area contributed by atoms with Crippen LogP contribution in [0.5, 0.6) is 0 Å². The molecule has 1 fully saturated rings. The Labute approximate surface area is 166 Å². The molecule has 0 bridgehead atoms. The number of amides is 3. The fraction of sp³-hybridized carbons (Fsp3) is 0.364. The van der Waals surface area contributed by atoms with E-state index in [0.29, 0.717) is 13.1 Å². The van der Waals surface area contributed by atoms with Gasteiger partial charge < -0.3 is 20.4 Å². The summed E-state index contributed by atoms with van der Waals surface area (Å²) in [5.41, 5.74) is 2.78. The molecule has 0 radical (unpaired) electrons. The van der Waals surface area contributed by atoms with Gasteiger partial charge in [-0.15, -0.1) is 0 Å². The Morgan fingerprint density at radius 2 is 1.64 bits per heavy atom. The molecule has 0 spiro atoms.